The average Bonchev–Trinajstić information content (AvgIpc) is 2.09. The Hall–Kier alpha value is -1.13. The van der Waals surface area contributed by atoms with Crippen molar-refractivity contribution in [3.8, 4) is 5.75 Å². The van der Waals surface area contributed by atoms with E-state index in [9.17, 15) is 5.11 Å². The first-order valence-electron chi connectivity index (χ1n) is 3.68. The van der Waals surface area contributed by atoms with Crippen LogP contribution in [0, 0.1) is 6.92 Å². The third-order valence-corrected chi connectivity index (χ3v) is 1.80. The molecule has 1 aromatic rings. The minimum atomic E-state index is -0.145. The maximum Gasteiger partial charge on any atom is 0.141 e. The minimum Gasteiger partial charge on any atom is -0.506 e. The summed E-state index contributed by atoms with van der Waals surface area (Å²) >= 11 is 0. The van der Waals surface area contributed by atoms with Gasteiger partial charge in [0.15, 0.2) is 0 Å². The molecule has 0 radical (unpaired) electrons. The zero-order valence-electron chi connectivity index (χ0n) is 6.91. The molecule has 0 amide bonds. The molecule has 13 heavy (non-hydrogen) atoms. The lowest BCUT2D eigenvalue weighted by Gasteiger charge is -2.08. The first-order chi connectivity index (χ1) is 5.70. The van der Waals surface area contributed by atoms with Crippen LogP contribution >= 0.6 is 0 Å². The van der Waals surface area contributed by atoms with E-state index in [1.807, 2.05) is 0 Å². The molecule has 74 valence electrons. The van der Waals surface area contributed by atoms with Gasteiger partial charge in [-0.15, -0.1) is 0 Å². The average molecular weight is 184 g/mol. The molecule has 0 spiro atoms. The lowest BCUT2D eigenvalue weighted by atomic mass is 10.1. The second-order valence-corrected chi connectivity index (χ2v) is 2.56. The molecule has 0 aliphatic rings. The van der Waals surface area contributed by atoms with Crippen molar-refractivity contribution >= 4 is 0 Å². The second-order valence-electron chi connectivity index (χ2n) is 2.56. The van der Waals surface area contributed by atoms with Crippen LogP contribution in [0.2, 0.25) is 0 Å². The van der Waals surface area contributed by atoms with Crippen LogP contribution in [0.15, 0.2) is 6.20 Å². The molecule has 0 aliphatic heterocycles. The summed E-state index contributed by atoms with van der Waals surface area (Å²) in [5.74, 6) is 0.0871. The summed E-state index contributed by atoms with van der Waals surface area (Å²) in [6.45, 7) is 1.76. The number of hydrogen-bond acceptors (Lipinski definition) is 4. The maximum absolute atomic E-state index is 9.46. The van der Waals surface area contributed by atoms with Gasteiger partial charge in [-0.2, -0.15) is 0 Å². The third kappa shape index (κ3) is 2.17. The predicted molar refractivity (Wildman–Crippen MR) is 51.2 cm³/mol. The monoisotopic (exact) mass is 184 g/mol. The number of pyridine rings is 1. The molecule has 0 saturated carbocycles. The third-order valence-electron chi connectivity index (χ3n) is 1.80. The molecule has 1 heterocycles. The first kappa shape index (κ1) is 11.9. The van der Waals surface area contributed by atoms with E-state index >= 15 is 0 Å². The summed E-state index contributed by atoms with van der Waals surface area (Å²) in [6.07, 6.45) is 1.53. The molecular weight excluding hydrogens is 168 g/mol. The van der Waals surface area contributed by atoms with Crippen LogP contribution in [-0.4, -0.2) is 15.2 Å². The molecule has 0 unspecified atom stereocenters. The molecule has 0 aliphatic carbocycles. The zero-order valence-corrected chi connectivity index (χ0v) is 6.91. The van der Waals surface area contributed by atoms with E-state index in [1.165, 1.54) is 6.20 Å². The van der Waals surface area contributed by atoms with Crippen LogP contribution in [-0.2, 0) is 13.2 Å². The summed E-state index contributed by atoms with van der Waals surface area (Å²) in [6, 6.07) is 0. The van der Waals surface area contributed by atoms with Crippen LogP contribution in [0.3, 0.4) is 0 Å². The van der Waals surface area contributed by atoms with Crippen LogP contribution in [0.5, 0.6) is 5.75 Å². The number of aryl methyl sites for hydroxylation is 1. The van der Waals surface area contributed by atoms with E-state index in [1.54, 1.807) is 6.92 Å². The van der Waals surface area contributed by atoms with Gasteiger partial charge >= 0.3 is 0 Å². The van der Waals surface area contributed by atoms with Crippen molar-refractivity contribution in [2.75, 3.05) is 0 Å². The van der Waals surface area contributed by atoms with Crippen molar-refractivity contribution in [2.24, 2.45) is 5.73 Å². The highest BCUT2D eigenvalue weighted by molar-refractivity contribution is 5.40. The van der Waals surface area contributed by atoms with Gasteiger partial charge in [-0.1, -0.05) is 7.43 Å². The van der Waals surface area contributed by atoms with Crippen LogP contribution in [0.4, 0.5) is 0 Å². The fraction of sp³-hybridized carbons (Fsp3) is 0.444. The van der Waals surface area contributed by atoms with Gasteiger partial charge in [0.1, 0.15) is 5.75 Å². The van der Waals surface area contributed by atoms with E-state index in [2.05, 4.69) is 4.98 Å². The number of rotatable bonds is 2. The Morgan fingerprint density at radius 1 is 1.54 bits per heavy atom. The summed E-state index contributed by atoms with van der Waals surface area (Å²) in [5, 5.41) is 18.3. The first-order valence-corrected chi connectivity index (χ1v) is 3.68. The summed E-state index contributed by atoms with van der Waals surface area (Å²) in [7, 11) is 0. The minimum absolute atomic E-state index is 0. The van der Waals surface area contributed by atoms with Crippen molar-refractivity contribution in [3.05, 3.63) is 23.0 Å². The standard InChI is InChI=1S/C8H12N2O2.CH4/c1-5-8(12)7(2-9)6(4-11)3-10-5;/h3,11-12H,2,4,9H2,1H3;1H4. The molecule has 0 atom stereocenters. The van der Waals surface area contributed by atoms with Crippen molar-refractivity contribution in [2.45, 2.75) is 27.5 Å². The van der Waals surface area contributed by atoms with Gasteiger partial charge < -0.3 is 15.9 Å². The molecule has 0 saturated heterocycles. The maximum atomic E-state index is 9.46. The molecule has 4 heteroatoms. The highest BCUT2D eigenvalue weighted by Gasteiger charge is 2.08. The number of aliphatic hydroxyl groups excluding tert-OH is 1. The highest BCUT2D eigenvalue weighted by atomic mass is 16.3. The van der Waals surface area contributed by atoms with Crippen molar-refractivity contribution in [1.82, 2.24) is 4.98 Å². The Morgan fingerprint density at radius 3 is 2.62 bits per heavy atom. The zero-order chi connectivity index (χ0) is 9.14. The van der Waals surface area contributed by atoms with Crippen molar-refractivity contribution < 1.29 is 10.2 Å². The van der Waals surface area contributed by atoms with E-state index in [-0.39, 0.29) is 26.3 Å². The topological polar surface area (TPSA) is 79.4 Å². The Labute approximate surface area is 78.0 Å². The second kappa shape index (κ2) is 4.79. The lowest BCUT2D eigenvalue weighted by molar-refractivity contribution is 0.279. The Morgan fingerprint density at radius 2 is 2.15 bits per heavy atom. The number of aromatic nitrogens is 1. The Balaban J connectivity index is 0.00000144. The van der Waals surface area contributed by atoms with E-state index in [0.717, 1.165) is 0 Å². The van der Waals surface area contributed by atoms with Crippen molar-refractivity contribution in [1.29, 1.82) is 0 Å². The Kier molecular flexibility index (Phi) is 4.37. The molecule has 1 rings (SSSR count). The van der Waals surface area contributed by atoms with Gasteiger partial charge in [0.2, 0.25) is 0 Å². The highest BCUT2D eigenvalue weighted by Crippen LogP contribution is 2.22. The molecule has 0 bridgehead atoms. The lowest BCUT2D eigenvalue weighted by Crippen LogP contribution is -2.04. The number of aliphatic hydroxyl groups is 1. The van der Waals surface area contributed by atoms with Gasteiger partial charge in [-0.05, 0) is 6.92 Å². The van der Waals surface area contributed by atoms with Gasteiger partial charge in [0, 0.05) is 23.9 Å². The van der Waals surface area contributed by atoms with Gasteiger partial charge in [-0.25, -0.2) is 0 Å². The quantitative estimate of drug-likeness (QED) is 0.631. The molecular formula is C9H16N2O2. The predicted octanol–water partition coefficient (Wildman–Crippen LogP) is 0.683. The summed E-state index contributed by atoms with van der Waals surface area (Å²) < 4.78 is 0. The number of aromatic hydroxyl groups is 1. The Bertz CT molecular complexity index is 287. The summed E-state index contributed by atoms with van der Waals surface area (Å²) in [4.78, 5) is 3.89. The number of hydrogen-bond donors (Lipinski definition) is 3. The summed E-state index contributed by atoms with van der Waals surface area (Å²) in [5.41, 5.74) is 7.09. The molecule has 0 fully saturated rings. The van der Waals surface area contributed by atoms with Gasteiger partial charge in [-0.3, -0.25) is 4.98 Å². The molecule has 4 N–H and O–H groups in total. The fourth-order valence-electron chi connectivity index (χ4n) is 1.05. The molecule has 0 aromatic carbocycles. The van der Waals surface area contributed by atoms with Crippen molar-refractivity contribution in [3.63, 3.8) is 0 Å². The van der Waals surface area contributed by atoms with Crippen LogP contribution < -0.4 is 5.73 Å². The van der Waals surface area contributed by atoms with E-state index < -0.39 is 0 Å². The molecule has 1 aromatic heterocycles. The largest absolute Gasteiger partial charge is 0.506 e. The van der Waals surface area contributed by atoms with Crippen LogP contribution in [0.1, 0.15) is 24.2 Å². The smallest absolute Gasteiger partial charge is 0.141 e. The van der Waals surface area contributed by atoms with E-state index in [4.69, 9.17) is 10.8 Å². The SMILES string of the molecule is C.Cc1ncc(CO)c(CN)c1O. The number of nitrogens with two attached hydrogens (primary N) is 1. The number of nitrogens with zero attached hydrogens (tertiary/aromatic N) is 1. The van der Waals surface area contributed by atoms with E-state index in [0.29, 0.717) is 16.8 Å². The molecule has 4 nitrogen and oxygen atoms in total. The van der Waals surface area contributed by atoms with Crippen LogP contribution in [0.25, 0.3) is 0 Å². The fourth-order valence-corrected chi connectivity index (χ4v) is 1.05. The van der Waals surface area contributed by atoms with Gasteiger partial charge in [0.25, 0.3) is 0 Å². The normalized spacial score (nSPS) is 9.46. The van der Waals surface area contributed by atoms with Gasteiger partial charge in [0.05, 0.1) is 12.3 Å².